The van der Waals surface area contributed by atoms with Crippen LogP contribution >= 0.6 is 11.8 Å². The van der Waals surface area contributed by atoms with Crippen molar-refractivity contribution in [3.8, 4) is 0 Å². The maximum Gasteiger partial charge on any atom is 0.167 e. The number of aliphatic hydroxyl groups excluding tert-OH is 1. The molecule has 0 aliphatic heterocycles. The maximum absolute atomic E-state index is 12.8. The molecular weight excluding hydrogens is 388 g/mol. The second-order valence-electron chi connectivity index (χ2n) is 8.19. The summed E-state index contributed by atoms with van der Waals surface area (Å²) in [5.74, 6) is 1.56. The fraction of sp³-hybridized carbons (Fsp3) is 0.444. The Bertz CT molecular complexity index is 865. The number of carbonyl (C=O) groups is 1. The maximum atomic E-state index is 12.8. The van der Waals surface area contributed by atoms with E-state index in [1.165, 1.54) is 22.4 Å². The molecule has 0 saturated carbocycles. The topological polar surface area (TPSA) is 37.3 Å². The van der Waals surface area contributed by atoms with Crippen molar-refractivity contribution in [1.29, 1.82) is 0 Å². The standard InChI is InChI=1S/C24H28O2S.C3H8/c1-4-19-13-17(3)7-10-21(19)24-22(25)14-18(15-23(24)26)11-12-27-20-8-5-16(2)6-9-20;1-3-2/h5-10,13,18,25H,4,11-12,14-15H2,1-3H3;3H2,1-2H3. The second kappa shape index (κ2) is 12.0. The minimum atomic E-state index is 0.0858. The lowest BCUT2D eigenvalue weighted by Gasteiger charge is -2.24. The molecule has 30 heavy (non-hydrogen) atoms. The van der Waals surface area contributed by atoms with Crippen molar-refractivity contribution < 1.29 is 9.90 Å². The summed E-state index contributed by atoms with van der Waals surface area (Å²) < 4.78 is 0. The molecule has 0 aromatic heterocycles. The van der Waals surface area contributed by atoms with Crippen molar-refractivity contribution in [2.45, 2.75) is 71.6 Å². The van der Waals surface area contributed by atoms with E-state index in [2.05, 4.69) is 65.0 Å². The summed E-state index contributed by atoms with van der Waals surface area (Å²) in [5, 5.41) is 10.7. The number of aliphatic hydroxyl groups is 1. The molecule has 0 radical (unpaired) electrons. The summed E-state index contributed by atoms with van der Waals surface area (Å²) in [6.07, 6.45) is 4.19. The normalized spacial score (nSPS) is 16.3. The van der Waals surface area contributed by atoms with E-state index in [4.69, 9.17) is 0 Å². The first kappa shape index (κ1) is 24.3. The number of thioether (sulfide) groups is 1. The SMILES string of the molecule is CCC.CCc1cc(C)ccc1C1=C(O)CC(CCSc2ccc(C)cc2)CC1=O. The first-order valence-corrected chi connectivity index (χ1v) is 12.1. The van der Waals surface area contributed by atoms with Gasteiger partial charge in [-0.2, -0.15) is 0 Å². The van der Waals surface area contributed by atoms with Crippen molar-refractivity contribution >= 4 is 23.1 Å². The van der Waals surface area contributed by atoms with Gasteiger partial charge in [0.2, 0.25) is 0 Å². The van der Waals surface area contributed by atoms with E-state index in [9.17, 15) is 9.90 Å². The molecule has 0 heterocycles. The van der Waals surface area contributed by atoms with Gasteiger partial charge in [0.05, 0.1) is 5.57 Å². The zero-order valence-electron chi connectivity index (χ0n) is 19.1. The smallest absolute Gasteiger partial charge is 0.167 e. The fourth-order valence-corrected chi connectivity index (χ4v) is 4.73. The van der Waals surface area contributed by atoms with Gasteiger partial charge in [-0.25, -0.2) is 0 Å². The minimum absolute atomic E-state index is 0.0858. The first-order valence-electron chi connectivity index (χ1n) is 11.1. The highest BCUT2D eigenvalue weighted by atomic mass is 32.2. The largest absolute Gasteiger partial charge is 0.512 e. The van der Waals surface area contributed by atoms with Crippen LogP contribution in [0.2, 0.25) is 0 Å². The second-order valence-corrected chi connectivity index (χ2v) is 9.36. The van der Waals surface area contributed by atoms with Crippen LogP contribution in [0.15, 0.2) is 53.1 Å². The number of allylic oxidation sites excluding steroid dienone is 2. The van der Waals surface area contributed by atoms with Gasteiger partial charge in [0, 0.05) is 17.7 Å². The van der Waals surface area contributed by atoms with E-state index >= 15 is 0 Å². The number of hydrogen-bond acceptors (Lipinski definition) is 3. The number of hydrogen-bond donors (Lipinski definition) is 1. The highest BCUT2D eigenvalue weighted by Crippen LogP contribution is 2.36. The molecule has 1 aliphatic carbocycles. The third-order valence-corrected chi connectivity index (χ3v) is 6.30. The predicted octanol–water partition coefficient (Wildman–Crippen LogP) is 7.71. The molecule has 0 fully saturated rings. The predicted molar refractivity (Wildman–Crippen MR) is 130 cm³/mol. The van der Waals surface area contributed by atoms with Crippen molar-refractivity contribution in [1.82, 2.24) is 0 Å². The number of ketones is 1. The van der Waals surface area contributed by atoms with E-state index in [-0.39, 0.29) is 17.5 Å². The van der Waals surface area contributed by atoms with Crippen LogP contribution in [0.4, 0.5) is 0 Å². The van der Waals surface area contributed by atoms with Gasteiger partial charge < -0.3 is 5.11 Å². The van der Waals surface area contributed by atoms with E-state index in [1.54, 1.807) is 0 Å². The van der Waals surface area contributed by atoms with Crippen LogP contribution in [-0.2, 0) is 11.2 Å². The molecule has 162 valence electrons. The van der Waals surface area contributed by atoms with Gasteiger partial charge in [-0.3, -0.25) is 4.79 Å². The first-order chi connectivity index (χ1) is 14.4. The summed E-state index contributed by atoms with van der Waals surface area (Å²) in [6, 6.07) is 14.7. The van der Waals surface area contributed by atoms with Crippen molar-refractivity contribution in [3.63, 3.8) is 0 Å². The molecule has 0 bridgehead atoms. The molecule has 0 amide bonds. The number of benzene rings is 2. The molecule has 3 heteroatoms. The Morgan fingerprint density at radius 2 is 1.60 bits per heavy atom. The van der Waals surface area contributed by atoms with Crippen LogP contribution in [0.3, 0.4) is 0 Å². The van der Waals surface area contributed by atoms with Gasteiger partial charge in [0.15, 0.2) is 5.78 Å². The van der Waals surface area contributed by atoms with Crippen molar-refractivity contribution in [2.24, 2.45) is 5.92 Å². The molecule has 1 aliphatic rings. The van der Waals surface area contributed by atoms with Crippen molar-refractivity contribution in [2.75, 3.05) is 5.75 Å². The fourth-order valence-electron chi connectivity index (χ4n) is 3.72. The summed E-state index contributed by atoms with van der Waals surface area (Å²) >= 11 is 1.82. The summed E-state index contributed by atoms with van der Waals surface area (Å²) in [5.41, 5.74) is 5.05. The highest BCUT2D eigenvalue weighted by molar-refractivity contribution is 7.99. The Morgan fingerprint density at radius 1 is 0.967 bits per heavy atom. The quantitative estimate of drug-likeness (QED) is 0.482. The monoisotopic (exact) mass is 424 g/mol. The lowest BCUT2D eigenvalue weighted by molar-refractivity contribution is -0.115. The molecule has 0 saturated heterocycles. The zero-order valence-corrected chi connectivity index (χ0v) is 19.9. The summed E-state index contributed by atoms with van der Waals surface area (Å²) in [4.78, 5) is 14.1. The van der Waals surface area contributed by atoms with Crippen LogP contribution < -0.4 is 0 Å². The van der Waals surface area contributed by atoms with E-state index in [0.717, 1.165) is 29.7 Å². The molecule has 2 nitrogen and oxygen atoms in total. The number of aryl methyl sites for hydroxylation is 3. The van der Waals surface area contributed by atoms with Gasteiger partial charge in [0.25, 0.3) is 0 Å². The van der Waals surface area contributed by atoms with E-state index < -0.39 is 0 Å². The van der Waals surface area contributed by atoms with Crippen LogP contribution in [0.5, 0.6) is 0 Å². The molecule has 2 aromatic carbocycles. The zero-order chi connectivity index (χ0) is 22.1. The molecule has 1 N–H and O–H groups in total. The Labute approximate surface area is 186 Å². The lowest BCUT2D eigenvalue weighted by Crippen LogP contribution is -2.20. The van der Waals surface area contributed by atoms with E-state index in [0.29, 0.717) is 18.4 Å². The number of carbonyl (C=O) groups excluding carboxylic acids is 1. The van der Waals surface area contributed by atoms with Crippen molar-refractivity contribution in [3.05, 3.63) is 70.5 Å². The molecule has 0 spiro atoms. The van der Waals surface area contributed by atoms with Crippen LogP contribution in [0.25, 0.3) is 5.57 Å². The molecule has 2 aromatic rings. The molecule has 1 atom stereocenters. The molecule has 1 unspecified atom stereocenters. The third-order valence-electron chi connectivity index (χ3n) is 5.25. The third kappa shape index (κ3) is 6.77. The average molecular weight is 425 g/mol. The van der Waals surface area contributed by atoms with Gasteiger partial charge in [-0.1, -0.05) is 68.7 Å². The van der Waals surface area contributed by atoms with Gasteiger partial charge in [0.1, 0.15) is 5.76 Å². The lowest BCUT2D eigenvalue weighted by atomic mass is 9.81. The van der Waals surface area contributed by atoms with Crippen LogP contribution in [0, 0.1) is 19.8 Å². The summed E-state index contributed by atoms with van der Waals surface area (Å²) in [6.45, 7) is 10.5. The minimum Gasteiger partial charge on any atom is -0.512 e. The average Bonchev–Trinajstić information content (AvgIpc) is 2.70. The Balaban J connectivity index is 0.00000101. The van der Waals surface area contributed by atoms with Crippen LogP contribution in [-0.4, -0.2) is 16.6 Å². The van der Waals surface area contributed by atoms with Crippen LogP contribution in [0.1, 0.15) is 68.7 Å². The van der Waals surface area contributed by atoms with Gasteiger partial charge >= 0.3 is 0 Å². The molecule has 3 rings (SSSR count). The molecular formula is C27H36O2S. The Kier molecular flexibility index (Phi) is 9.71. The number of Topliss-reactive ketones (excluding diaryl/α,β-unsaturated/α-hetero) is 1. The number of rotatable bonds is 6. The highest BCUT2D eigenvalue weighted by Gasteiger charge is 2.29. The van der Waals surface area contributed by atoms with Gasteiger partial charge in [-0.05, 0) is 61.6 Å². The Morgan fingerprint density at radius 3 is 2.20 bits per heavy atom. The Hall–Kier alpha value is -2.00. The summed E-state index contributed by atoms with van der Waals surface area (Å²) in [7, 11) is 0. The van der Waals surface area contributed by atoms with Gasteiger partial charge in [-0.15, -0.1) is 11.8 Å². The van der Waals surface area contributed by atoms with E-state index in [1.807, 2.05) is 23.9 Å².